The Morgan fingerprint density at radius 3 is 2.33 bits per heavy atom. The molecule has 0 atom stereocenters. The fraction of sp³-hybridized carbons (Fsp3) is 0.667. The van der Waals surface area contributed by atoms with E-state index < -0.39 is 0 Å². The molecule has 0 fully saturated rings. The second kappa shape index (κ2) is 3.09. The Morgan fingerprint density at radius 2 is 2.08 bits per heavy atom. The largest absolute Gasteiger partial charge is 0.271 e. The summed E-state index contributed by atoms with van der Waals surface area (Å²) in [5.41, 5.74) is 1.02. The molecule has 3 heteroatoms. The van der Waals surface area contributed by atoms with Crippen LogP contribution < -0.4 is 0 Å². The van der Waals surface area contributed by atoms with Crippen LogP contribution in [0.15, 0.2) is 6.20 Å². The van der Waals surface area contributed by atoms with Gasteiger partial charge >= 0.3 is 0 Å². The second-order valence-electron chi connectivity index (χ2n) is 3.93. The molecule has 1 heterocycles. The molecule has 68 valence electrons. The lowest BCUT2D eigenvalue weighted by Gasteiger charge is -2.15. The Bertz CT molecular complexity index is 271. The van der Waals surface area contributed by atoms with Crippen molar-refractivity contribution in [3.8, 4) is 0 Å². The molecule has 0 aromatic carbocycles. The maximum Gasteiger partial charge on any atom is 0.0864 e. The first-order valence-corrected chi connectivity index (χ1v) is 4.56. The Morgan fingerprint density at radius 1 is 1.50 bits per heavy atom. The maximum absolute atomic E-state index is 6.03. The molecule has 0 spiro atoms. The minimum absolute atomic E-state index is 0.0392. The smallest absolute Gasteiger partial charge is 0.0864 e. The van der Waals surface area contributed by atoms with E-state index in [4.69, 9.17) is 11.6 Å². The molecular formula is C9H15ClN2. The number of aromatic nitrogens is 2. The van der Waals surface area contributed by atoms with E-state index in [1.54, 1.807) is 0 Å². The molecule has 1 rings (SSSR count). The molecule has 0 amide bonds. The number of nitrogens with zero attached hydrogens (tertiary/aromatic N) is 2. The number of hydrogen-bond acceptors (Lipinski definition) is 1. The van der Waals surface area contributed by atoms with Crippen molar-refractivity contribution in [2.24, 2.45) is 0 Å². The SMILES string of the molecule is CCn1cc(Cl)c(C(C)(C)C)n1. The summed E-state index contributed by atoms with van der Waals surface area (Å²) in [5.74, 6) is 0. The molecule has 2 nitrogen and oxygen atoms in total. The Labute approximate surface area is 78.5 Å². The minimum atomic E-state index is 0.0392. The van der Waals surface area contributed by atoms with E-state index in [0.717, 1.165) is 17.3 Å². The third-order valence-electron chi connectivity index (χ3n) is 1.75. The first kappa shape index (κ1) is 9.59. The number of hydrogen-bond donors (Lipinski definition) is 0. The van der Waals surface area contributed by atoms with Gasteiger partial charge in [0.1, 0.15) is 0 Å². The zero-order valence-electron chi connectivity index (χ0n) is 8.06. The van der Waals surface area contributed by atoms with Crippen molar-refractivity contribution in [1.29, 1.82) is 0 Å². The van der Waals surface area contributed by atoms with Crippen molar-refractivity contribution < 1.29 is 0 Å². The van der Waals surface area contributed by atoms with Gasteiger partial charge in [0.25, 0.3) is 0 Å². The normalized spacial score (nSPS) is 12.1. The molecule has 0 radical (unpaired) electrons. The molecule has 0 aliphatic carbocycles. The summed E-state index contributed by atoms with van der Waals surface area (Å²) in [5, 5.41) is 5.15. The highest BCUT2D eigenvalue weighted by molar-refractivity contribution is 6.31. The molecule has 0 saturated carbocycles. The summed E-state index contributed by atoms with van der Waals surface area (Å²) in [7, 11) is 0. The zero-order chi connectivity index (χ0) is 9.35. The number of rotatable bonds is 1. The minimum Gasteiger partial charge on any atom is -0.271 e. The zero-order valence-corrected chi connectivity index (χ0v) is 8.81. The molecule has 0 bridgehead atoms. The van der Waals surface area contributed by atoms with Gasteiger partial charge in [-0.25, -0.2) is 0 Å². The van der Waals surface area contributed by atoms with Gasteiger partial charge in [-0.1, -0.05) is 32.4 Å². The van der Waals surface area contributed by atoms with Crippen LogP contribution in [0.4, 0.5) is 0 Å². The summed E-state index contributed by atoms with van der Waals surface area (Å²) >= 11 is 6.03. The predicted octanol–water partition coefficient (Wildman–Crippen LogP) is 2.85. The topological polar surface area (TPSA) is 17.8 Å². The Hall–Kier alpha value is -0.500. The molecule has 12 heavy (non-hydrogen) atoms. The van der Waals surface area contributed by atoms with Gasteiger partial charge in [0.05, 0.1) is 10.7 Å². The molecule has 0 aliphatic rings. The number of aryl methyl sites for hydroxylation is 1. The first-order chi connectivity index (χ1) is 5.45. The molecule has 1 aromatic heterocycles. The average Bonchev–Trinajstić information content (AvgIpc) is 2.29. The molecule has 0 aliphatic heterocycles. The molecule has 0 N–H and O–H groups in total. The van der Waals surface area contributed by atoms with E-state index in [1.165, 1.54) is 0 Å². The molecular weight excluding hydrogens is 172 g/mol. The van der Waals surface area contributed by atoms with Crippen LogP contribution in [-0.4, -0.2) is 9.78 Å². The van der Waals surface area contributed by atoms with Crippen molar-refractivity contribution >= 4 is 11.6 Å². The molecule has 0 unspecified atom stereocenters. The van der Waals surface area contributed by atoms with Crippen LogP contribution in [0.5, 0.6) is 0 Å². The molecule has 1 aromatic rings. The predicted molar refractivity (Wildman–Crippen MR) is 51.6 cm³/mol. The Kier molecular flexibility index (Phi) is 2.47. The highest BCUT2D eigenvalue weighted by Crippen LogP contribution is 2.27. The van der Waals surface area contributed by atoms with Crippen molar-refractivity contribution in [1.82, 2.24) is 9.78 Å². The van der Waals surface area contributed by atoms with Gasteiger partial charge in [-0.05, 0) is 6.92 Å². The fourth-order valence-electron chi connectivity index (χ4n) is 1.07. The van der Waals surface area contributed by atoms with Crippen LogP contribution in [0, 0.1) is 0 Å². The van der Waals surface area contributed by atoms with Crippen molar-refractivity contribution in [3.05, 3.63) is 16.9 Å². The summed E-state index contributed by atoms with van der Waals surface area (Å²) < 4.78 is 1.86. The van der Waals surface area contributed by atoms with E-state index >= 15 is 0 Å². The van der Waals surface area contributed by atoms with E-state index in [0.29, 0.717) is 0 Å². The van der Waals surface area contributed by atoms with Crippen LogP contribution >= 0.6 is 11.6 Å². The van der Waals surface area contributed by atoms with Crippen LogP contribution in [-0.2, 0) is 12.0 Å². The summed E-state index contributed by atoms with van der Waals surface area (Å²) in [4.78, 5) is 0. The highest BCUT2D eigenvalue weighted by Gasteiger charge is 2.20. The third kappa shape index (κ3) is 1.81. The van der Waals surface area contributed by atoms with E-state index in [-0.39, 0.29) is 5.41 Å². The highest BCUT2D eigenvalue weighted by atomic mass is 35.5. The van der Waals surface area contributed by atoms with Crippen molar-refractivity contribution in [2.75, 3.05) is 0 Å². The monoisotopic (exact) mass is 186 g/mol. The lowest BCUT2D eigenvalue weighted by Crippen LogP contribution is -2.13. The van der Waals surface area contributed by atoms with E-state index in [1.807, 2.05) is 10.9 Å². The van der Waals surface area contributed by atoms with Crippen LogP contribution in [0.25, 0.3) is 0 Å². The summed E-state index contributed by atoms with van der Waals surface area (Å²) in [6.07, 6.45) is 1.88. The van der Waals surface area contributed by atoms with Gasteiger partial charge in [0, 0.05) is 18.2 Å². The molecule has 0 saturated heterocycles. The van der Waals surface area contributed by atoms with Crippen LogP contribution in [0.1, 0.15) is 33.4 Å². The van der Waals surface area contributed by atoms with Crippen LogP contribution in [0.3, 0.4) is 0 Å². The van der Waals surface area contributed by atoms with Gasteiger partial charge in [-0.2, -0.15) is 5.10 Å². The maximum atomic E-state index is 6.03. The van der Waals surface area contributed by atoms with Gasteiger partial charge in [-0.15, -0.1) is 0 Å². The third-order valence-corrected chi connectivity index (χ3v) is 2.03. The van der Waals surface area contributed by atoms with Crippen LogP contribution in [0.2, 0.25) is 5.02 Å². The lowest BCUT2D eigenvalue weighted by atomic mass is 9.93. The average molecular weight is 187 g/mol. The Balaban J connectivity index is 3.08. The van der Waals surface area contributed by atoms with Gasteiger partial charge < -0.3 is 0 Å². The van der Waals surface area contributed by atoms with Gasteiger partial charge in [0.15, 0.2) is 0 Å². The first-order valence-electron chi connectivity index (χ1n) is 4.18. The van der Waals surface area contributed by atoms with Crippen molar-refractivity contribution in [3.63, 3.8) is 0 Å². The van der Waals surface area contributed by atoms with Crippen molar-refractivity contribution in [2.45, 2.75) is 39.7 Å². The van der Waals surface area contributed by atoms with Gasteiger partial charge in [-0.3, -0.25) is 4.68 Å². The van der Waals surface area contributed by atoms with E-state index in [2.05, 4.69) is 32.8 Å². The van der Waals surface area contributed by atoms with Gasteiger partial charge in [0.2, 0.25) is 0 Å². The number of halogens is 1. The second-order valence-corrected chi connectivity index (χ2v) is 4.34. The summed E-state index contributed by atoms with van der Waals surface area (Å²) in [6.45, 7) is 9.26. The fourth-order valence-corrected chi connectivity index (χ4v) is 1.50. The standard InChI is InChI=1S/C9H15ClN2/c1-5-12-6-7(10)8(11-12)9(2,3)4/h6H,5H2,1-4H3. The van der Waals surface area contributed by atoms with E-state index in [9.17, 15) is 0 Å². The summed E-state index contributed by atoms with van der Waals surface area (Å²) in [6, 6.07) is 0. The lowest BCUT2D eigenvalue weighted by molar-refractivity contribution is 0.541. The quantitative estimate of drug-likeness (QED) is 0.660.